The minimum Gasteiger partial charge on any atom is -0.389 e. The molecule has 2 rings (SSSR count). The van der Waals surface area contributed by atoms with Crippen molar-refractivity contribution in [3.8, 4) is 0 Å². The van der Waals surface area contributed by atoms with Crippen molar-refractivity contribution in [1.82, 2.24) is 5.32 Å². The molecule has 1 aromatic rings. The van der Waals surface area contributed by atoms with Gasteiger partial charge < -0.3 is 15.2 Å². The predicted molar refractivity (Wildman–Crippen MR) is 99.9 cm³/mol. The summed E-state index contributed by atoms with van der Waals surface area (Å²) in [5.74, 6) is 2.01. The van der Waals surface area contributed by atoms with Crippen LogP contribution in [0.25, 0.3) is 0 Å². The Morgan fingerprint density at radius 2 is 1.88 bits per heavy atom. The maximum Gasteiger partial charge on any atom is 0.0898 e. The second kappa shape index (κ2) is 9.55. The normalized spacial score (nSPS) is 27.2. The highest BCUT2D eigenvalue weighted by atomic mass is 16.5. The molecule has 3 heteroatoms. The number of aliphatic hydroxyl groups excluding tert-OH is 1. The van der Waals surface area contributed by atoms with Gasteiger partial charge in [-0.3, -0.25) is 0 Å². The Morgan fingerprint density at radius 1 is 1.17 bits per heavy atom. The fourth-order valence-corrected chi connectivity index (χ4v) is 3.77. The molecule has 0 heterocycles. The third-order valence-electron chi connectivity index (χ3n) is 5.42. The van der Waals surface area contributed by atoms with Crippen molar-refractivity contribution in [1.29, 1.82) is 0 Å². The van der Waals surface area contributed by atoms with Gasteiger partial charge in [0.25, 0.3) is 0 Å². The molecule has 0 bridgehead atoms. The second-order valence-corrected chi connectivity index (χ2v) is 7.89. The van der Waals surface area contributed by atoms with E-state index in [9.17, 15) is 5.11 Å². The minimum absolute atomic E-state index is 0.235. The summed E-state index contributed by atoms with van der Waals surface area (Å²) in [7, 11) is 0. The van der Waals surface area contributed by atoms with E-state index in [0.29, 0.717) is 31.1 Å². The first-order valence-corrected chi connectivity index (χ1v) is 9.55. The van der Waals surface area contributed by atoms with Gasteiger partial charge in [-0.2, -0.15) is 0 Å². The summed E-state index contributed by atoms with van der Waals surface area (Å²) in [5, 5.41) is 13.7. The third kappa shape index (κ3) is 5.87. The Balaban J connectivity index is 1.74. The maximum absolute atomic E-state index is 10.3. The minimum atomic E-state index is -0.457. The summed E-state index contributed by atoms with van der Waals surface area (Å²) in [6.45, 7) is 10.00. The van der Waals surface area contributed by atoms with E-state index in [-0.39, 0.29) is 6.04 Å². The molecule has 0 amide bonds. The Bertz CT molecular complexity index is 462. The van der Waals surface area contributed by atoms with Gasteiger partial charge in [0.1, 0.15) is 0 Å². The average Bonchev–Trinajstić information content (AvgIpc) is 2.58. The first-order chi connectivity index (χ1) is 11.5. The molecule has 1 aliphatic carbocycles. The van der Waals surface area contributed by atoms with Gasteiger partial charge in [-0.15, -0.1) is 0 Å². The zero-order valence-corrected chi connectivity index (χ0v) is 15.7. The molecule has 136 valence electrons. The van der Waals surface area contributed by atoms with Crippen LogP contribution in [-0.2, 0) is 4.74 Å². The molecular weight excluding hydrogens is 298 g/mol. The van der Waals surface area contributed by atoms with Gasteiger partial charge in [0.05, 0.1) is 18.8 Å². The molecule has 0 spiro atoms. The summed E-state index contributed by atoms with van der Waals surface area (Å²) in [4.78, 5) is 0. The van der Waals surface area contributed by atoms with Crippen molar-refractivity contribution in [3.63, 3.8) is 0 Å². The van der Waals surface area contributed by atoms with E-state index in [0.717, 1.165) is 12.3 Å². The van der Waals surface area contributed by atoms with Gasteiger partial charge in [0.2, 0.25) is 0 Å². The monoisotopic (exact) mass is 333 g/mol. The molecule has 5 atom stereocenters. The molecule has 0 aliphatic heterocycles. The lowest BCUT2D eigenvalue weighted by Crippen LogP contribution is -2.38. The zero-order chi connectivity index (χ0) is 17.5. The van der Waals surface area contributed by atoms with E-state index in [4.69, 9.17) is 4.74 Å². The van der Waals surface area contributed by atoms with E-state index < -0.39 is 6.10 Å². The summed E-state index contributed by atoms with van der Waals surface area (Å²) in [6, 6.07) is 10.6. The lowest BCUT2D eigenvalue weighted by atomic mass is 9.75. The molecule has 0 unspecified atom stereocenters. The average molecular weight is 334 g/mol. The first kappa shape index (κ1) is 19.4. The fourth-order valence-electron chi connectivity index (χ4n) is 3.77. The topological polar surface area (TPSA) is 41.5 Å². The fraction of sp³-hybridized carbons (Fsp3) is 0.714. The molecular formula is C21H35NO2. The van der Waals surface area contributed by atoms with E-state index in [1.165, 1.54) is 18.4 Å². The molecule has 0 radical (unpaired) electrons. The maximum atomic E-state index is 10.3. The van der Waals surface area contributed by atoms with Crippen LogP contribution in [0.3, 0.4) is 0 Å². The Morgan fingerprint density at radius 3 is 2.54 bits per heavy atom. The van der Waals surface area contributed by atoms with Crippen LogP contribution in [0.5, 0.6) is 0 Å². The number of rotatable bonds is 8. The van der Waals surface area contributed by atoms with Crippen LogP contribution in [0.15, 0.2) is 30.3 Å². The first-order valence-electron chi connectivity index (χ1n) is 9.55. The predicted octanol–water partition coefficient (Wildman–Crippen LogP) is 4.18. The highest BCUT2D eigenvalue weighted by Crippen LogP contribution is 2.35. The van der Waals surface area contributed by atoms with Gasteiger partial charge in [-0.1, -0.05) is 57.5 Å². The lowest BCUT2D eigenvalue weighted by molar-refractivity contribution is -0.0685. The zero-order valence-electron chi connectivity index (χ0n) is 15.7. The number of hydrogen-bond acceptors (Lipinski definition) is 3. The van der Waals surface area contributed by atoms with Crippen LogP contribution in [0.2, 0.25) is 0 Å². The highest BCUT2D eigenvalue weighted by molar-refractivity contribution is 5.17. The van der Waals surface area contributed by atoms with Crippen molar-refractivity contribution in [2.24, 2.45) is 17.8 Å². The van der Waals surface area contributed by atoms with Gasteiger partial charge >= 0.3 is 0 Å². The molecule has 1 aliphatic rings. The summed E-state index contributed by atoms with van der Waals surface area (Å²) in [6.07, 6.45) is 3.53. The molecule has 0 saturated heterocycles. The quantitative estimate of drug-likeness (QED) is 0.750. The van der Waals surface area contributed by atoms with Crippen LogP contribution < -0.4 is 5.32 Å². The van der Waals surface area contributed by atoms with E-state index in [2.05, 4.69) is 45.1 Å². The van der Waals surface area contributed by atoms with Crippen molar-refractivity contribution < 1.29 is 9.84 Å². The number of ether oxygens (including phenoxy) is 1. The number of aliphatic hydroxyl groups is 1. The molecule has 1 saturated carbocycles. The number of nitrogens with one attached hydrogen (secondary N) is 1. The molecule has 1 fully saturated rings. The smallest absolute Gasteiger partial charge is 0.0898 e. The van der Waals surface area contributed by atoms with Crippen LogP contribution in [0.1, 0.15) is 58.6 Å². The van der Waals surface area contributed by atoms with E-state index >= 15 is 0 Å². The largest absolute Gasteiger partial charge is 0.389 e. The van der Waals surface area contributed by atoms with Crippen LogP contribution >= 0.6 is 0 Å². The van der Waals surface area contributed by atoms with E-state index in [1.54, 1.807) is 0 Å². The van der Waals surface area contributed by atoms with Crippen LogP contribution in [-0.4, -0.2) is 30.5 Å². The van der Waals surface area contributed by atoms with Gasteiger partial charge in [-0.05, 0) is 43.1 Å². The summed E-state index contributed by atoms with van der Waals surface area (Å²) >= 11 is 0. The number of benzene rings is 1. The number of hydrogen-bond donors (Lipinski definition) is 2. The molecule has 24 heavy (non-hydrogen) atoms. The van der Waals surface area contributed by atoms with E-state index in [1.807, 2.05) is 18.2 Å². The van der Waals surface area contributed by atoms with Crippen molar-refractivity contribution in [2.45, 2.75) is 65.2 Å². The standard InChI is InChI=1S/C21H35NO2/c1-15(2)20-11-10-16(3)12-21(20)24-14-19(23)13-22-17(4)18-8-6-5-7-9-18/h5-9,15-17,19-23H,10-14H2,1-4H3/t16-,17+,19-,20+,21-/m1/s1. The summed E-state index contributed by atoms with van der Waals surface area (Å²) < 4.78 is 6.14. The van der Waals surface area contributed by atoms with Crippen molar-refractivity contribution in [2.75, 3.05) is 13.2 Å². The Hall–Kier alpha value is -0.900. The third-order valence-corrected chi connectivity index (χ3v) is 5.42. The van der Waals surface area contributed by atoms with Crippen LogP contribution in [0.4, 0.5) is 0 Å². The highest BCUT2D eigenvalue weighted by Gasteiger charge is 2.31. The van der Waals surface area contributed by atoms with Crippen molar-refractivity contribution in [3.05, 3.63) is 35.9 Å². The lowest BCUT2D eigenvalue weighted by Gasteiger charge is -2.37. The Labute approximate surface area is 147 Å². The van der Waals surface area contributed by atoms with Gasteiger partial charge in [-0.25, -0.2) is 0 Å². The molecule has 3 nitrogen and oxygen atoms in total. The molecule has 0 aromatic heterocycles. The summed E-state index contributed by atoms with van der Waals surface area (Å²) in [5.41, 5.74) is 1.24. The van der Waals surface area contributed by atoms with Crippen LogP contribution in [0, 0.1) is 17.8 Å². The van der Waals surface area contributed by atoms with Gasteiger partial charge in [0.15, 0.2) is 0 Å². The second-order valence-electron chi connectivity index (χ2n) is 7.89. The SMILES string of the molecule is CC(C)[C@@H]1CC[C@@H](C)C[C@H]1OC[C@H](O)CN[C@@H](C)c1ccccc1. The van der Waals surface area contributed by atoms with Gasteiger partial charge in [0, 0.05) is 12.6 Å². The molecule has 1 aromatic carbocycles. The van der Waals surface area contributed by atoms with Crippen molar-refractivity contribution >= 4 is 0 Å². The Kier molecular flexibility index (Phi) is 7.73. The molecule has 2 N–H and O–H groups in total.